The molecule has 1 heterocycles. The smallest absolute Gasteiger partial charge is 0.270 e. The van der Waals surface area contributed by atoms with Crippen LogP contribution < -0.4 is 0 Å². The second-order valence-electron chi connectivity index (χ2n) is 5.48. The summed E-state index contributed by atoms with van der Waals surface area (Å²) in [6, 6.07) is 17.0. The molecular formula is C19H11N3O5. The van der Waals surface area contributed by atoms with Gasteiger partial charge in [-0.2, -0.15) is 5.26 Å². The third-order valence-corrected chi connectivity index (χ3v) is 3.76. The first-order valence-electron chi connectivity index (χ1n) is 7.69. The summed E-state index contributed by atoms with van der Waals surface area (Å²) in [5.74, 6) is 0.860. The Balaban J connectivity index is 1.91. The van der Waals surface area contributed by atoms with E-state index in [0.29, 0.717) is 22.6 Å². The molecule has 0 saturated carbocycles. The predicted octanol–water partition coefficient (Wildman–Crippen LogP) is 4.83. The van der Waals surface area contributed by atoms with Gasteiger partial charge in [0.15, 0.2) is 0 Å². The molecule has 0 spiro atoms. The molecule has 0 aliphatic rings. The first-order valence-corrected chi connectivity index (χ1v) is 7.69. The monoisotopic (exact) mass is 361 g/mol. The molecular weight excluding hydrogens is 350 g/mol. The Kier molecular flexibility index (Phi) is 4.77. The fraction of sp³-hybridized carbons (Fsp3) is 0. The van der Waals surface area contributed by atoms with Crippen LogP contribution in [-0.4, -0.2) is 9.85 Å². The summed E-state index contributed by atoms with van der Waals surface area (Å²) >= 11 is 0. The van der Waals surface area contributed by atoms with E-state index in [2.05, 4.69) is 0 Å². The van der Waals surface area contributed by atoms with Crippen molar-refractivity contribution in [3.63, 3.8) is 0 Å². The third kappa shape index (κ3) is 3.88. The van der Waals surface area contributed by atoms with Gasteiger partial charge in [0.2, 0.25) is 0 Å². The Bertz CT molecular complexity index is 1090. The molecule has 1 aromatic heterocycles. The number of nitrogens with zero attached hydrogens (tertiary/aromatic N) is 3. The summed E-state index contributed by atoms with van der Waals surface area (Å²) in [5.41, 5.74) is 1.12. The van der Waals surface area contributed by atoms with Crippen molar-refractivity contribution >= 4 is 23.0 Å². The van der Waals surface area contributed by atoms with Gasteiger partial charge in [-0.15, -0.1) is 0 Å². The van der Waals surface area contributed by atoms with Crippen LogP contribution in [0.25, 0.3) is 23.0 Å². The van der Waals surface area contributed by atoms with Crippen LogP contribution in [0.15, 0.2) is 65.1 Å². The number of nitriles is 1. The standard InChI is InChI=1S/C19H11N3O5/c20-12-15(14-2-1-3-17(10-14)22(25)26)11-18-8-9-19(27-18)13-4-6-16(7-5-13)21(23)24/h1-11H. The van der Waals surface area contributed by atoms with Crippen LogP contribution in [0.1, 0.15) is 11.3 Å². The topological polar surface area (TPSA) is 123 Å². The lowest BCUT2D eigenvalue weighted by Gasteiger charge is -1.99. The number of benzene rings is 2. The van der Waals surface area contributed by atoms with Crippen LogP contribution >= 0.6 is 0 Å². The van der Waals surface area contributed by atoms with Crippen molar-refractivity contribution < 1.29 is 14.3 Å². The molecule has 2 aromatic carbocycles. The molecule has 3 rings (SSSR count). The summed E-state index contributed by atoms with van der Waals surface area (Å²) in [7, 11) is 0. The Morgan fingerprint density at radius 3 is 2.30 bits per heavy atom. The number of nitro benzene ring substituents is 2. The van der Waals surface area contributed by atoms with Crippen molar-refractivity contribution in [3.05, 3.63) is 92.2 Å². The van der Waals surface area contributed by atoms with Gasteiger partial charge in [-0.3, -0.25) is 20.2 Å². The van der Waals surface area contributed by atoms with Gasteiger partial charge in [0.05, 0.1) is 21.5 Å². The number of furan rings is 1. The predicted molar refractivity (Wildman–Crippen MR) is 97.4 cm³/mol. The number of rotatable bonds is 5. The maximum absolute atomic E-state index is 10.9. The molecule has 0 aliphatic heterocycles. The van der Waals surface area contributed by atoms with E-state index in [1.54, 1.807) is 30.3 Å². The van der Waals surface area contributed by atoms with Crippen molar-refractivity contribution in [1.82, 2.24) is 0 Å². The quantitative estimate of drug-likeness (QED) is 0.364. The van der Waals surface area contributed by atoms with E-state index in [-0.39, 0.29) is 16.9 Å². The number of non-ortho nitro benzene ring substituents is 2. The zero-order valence-corrected chi connectivity index (χ0v) is 13.7. The van der Waals surface area contributed by atoms with Crippen LogP contribution in [-0.2, 0) is 0 Å². The zero-order chi connectivity index (χ0) is 19.4. The highest BCUT2D eigenvalue weighted by Gasteiger charge is 2.11. The maximum atomic E-state index is 10.9. The summed E-state index contributed by atoms with van der Waals surface area (Å²) in [6.45, 7) is 0. The van der Waals surface area contributed by atoms with Crippen LogP contribution in [0.2, 0.25) is 0 Å². The van der Waals surface area contributed by atoms with Crippen molar-refractivity contribution in [1.29, 1.82) is 5.26 Å². The molecule has 27 heavy (non-hydrogen) atoms. The Morgan fingerprint density at radius 1 is 0.963 bits per heavy atom. The average Bonchev–Trinajstić information content (AvgIpc) is 3.15. The lowest BCUT2D eigenvalue weighted by Crippen LogP contribution is -1.89. The van der Waals surface area contributed by atoms with Crippen LogP contribution in [0.3, 0.4) is 0 Å². The number of allylic oxidation sites excluding steroid dienone is 1. The van der Waals surface area contributed by atoms with Crippen molar-refractivity contribution in [2.24, 2.45) is 0 Å². The number of hydrogen-bond donors (Lipinski definition) is 0. The maximum Gasteiger partial charge on any atom is 0.270 e. The molecule has 8 heteroatoms. The van der Waals surface area contributed by atoms with Crippen LogP contribution in [0.5, 0.6) is 0 Å². The molecule has 8 nitrogen and oxygen atoms in total. The highest BCUT2D eigenvalue weighted by atomic mass is 16.6. The Morgan fingerprint density at radius 2 is 1.67 bits per heavy atom. The van der Waals surface area contributed by atoms with Crippen LogP contribution in [0, 0.1) is 31.6 Å². The van der Waals surface area contributed by atoms with Gasteiger partial charge in [-0.25, -0.2) is 0 Å². The highest BCUT2D eigenvalue weighted by Crippen LogP contribution is 2.27. The number of hydrogen-bond acceptors (Lipinski definition) is 6. The summed E-state index contributed by atoms with van der Waals surface area (Å²) in [5, 5.41) is 31.0. The van der Waals surface area contributed by atoms with Crippen LogP contribution in [0.4, 0.5) is 11.4 Å². The Hall–Kier alpha value is -4.25. The lowest BCUT2D eigenvalue weighted by atomic mass is 10.1. The van der Waals surface area contributed by atoms with Gasteiger partial charge < -0.3 is 4.42 Å². The molecule has 0 amide bonds. The van der Waals surface area contributed by atoms with Gasteiger partial charge in [0, 0.05) is 29.8 Å². The molecule has 0 saturated heterocycles. The van der Waals surface area contributed by atoms with Gasteiger partial charge in [0.1, 0.15) is 11.5 Å². The van der Waals surface area contributed by atoms with E-state index in [9.17, 15) is 25.5 Å². The minimum absolute atomic E-state index is 0.0251. The van der Waals surface area contributed by atoms with E-state index in [0.717, 1.165) is 0 Å². The fourth-order valence-corrected chi connectivity index (χ4v) is 2.44. The summed E-state index contributed by atoms with van der Waals surface area (Å²) in [4.78, 5) is 20.6. The minimum Gasteiger partial charge on any atom is -0.457 e. The van der Waals surface area contributed by atoms with E-state index in [1.807, 2.05) is 6.07 Å². The van der Waals surface area contributed by atoms with E-state index in [1.165, 1.54) is 36.4 Å². The van der Waals surface area contributed by atoms with Crippen molar-refractivity contribution in [2.75, 3.05) is 0 Å². The highest BCUT2D eigenvalue weighted by molar-refractivity contribution is 5.89. The SMILES string of the molecule is N#CC(=Cc1ccc(-c2ccc([N+](=O)[O-])cc2)o1)c1cccc([N+](=O)[O-])c1. The first kappa shape index (κ1) is 17.6. The Labute approximate surface area is 152 Å². The summed E-state index contributed by atoms with van der Waals surface area (Å²) in [6.07, 6.45) is 1.48. The third-order valence-electron chi connectivity index (χ3n) is 3.76. The zero-order valence-electron chi connectivity index (χ0n) is 13.7. The molecule has 0 fully saturated rings. The second kappa shape index (κ2) is 7.33. The molecule has 0 aliphatic carbocycles. The number of nitro groups is 2. The van der Waals surface area contributed by atoms with Gasteiger partial charge >= 0.3 is 0 Å². The molecule has 3 aromatic rings. The van der Waals surface area contributed by atoms with Crippen molar-refractivity contribution in [2.45, 2.75) is 0 Å². The van der Waals surface area contributed by atoms with E-state index >= 15 is 0 Å². The average molecular weight is 361 g/mol. The van der Waals surface area contributed by atoms with Gasteiger partial charge in [-0.1, -0.05) is 12.1 Å². The van der Waals surface area contributed by atoms with E-state index in [4.69, 9.17) is 4.42 Å². The second-order valence-corrected chi connectivity index (χ2v) is 5.48. The lowest BCUT2D eigenvalue weighted by molar-refractivity contribution is -0.385. The normalized spacial score (nSPS) is 11.0. The largest absolute Gasteiger partial charge is 0.457 e. The fourth-order valence-electron chi connectivity index (χ4n) is 2.44. The minimum atomic E-state index is -0.530. The van der Waals surface area contributed by atoms with Gasteiger partial charge in [0.25, 0.3) is 11.4 Å². The molecule has 0 unspecified atom stereocenters. The summed E-state index contributed by atoms with van der Waals surface area (Å²) < 4.78 is 5.67. The molecule has 0 bridgehead atoms. The molecule has 0 radical (unpaired) electrons. The molecule has 0 N–H and O–H groups in total. The molecule has 0 atom stereocenters. The van der Waals surface area contributed by atoms with E-state index < -0.39 is 9.85 Å². The van der Waals surface area contributed by atoms with Gasteiger partial charge in [-0.05, 0) is 35.9 Å². The van der Waals surface area contributed by atoms with Crippen molar-refractivity contribution in [3.8, 4) is 17.4 Å². The first-order chi connectivity index (χ1) is 13.0. The molecule has 132 valence electrons.